The average molecular weight is 487 g/mol. The molecular weight excluding hydrogens is 460 g/mol. The van der Waals surface area contributed by atoms with Crippen molar-refractivity contribution in [3.63, 3.8) is 0 Å². The van der Waals surface area contributed by atoms with E-state index in [0.717, 1.165) is 11.9 Å². The fraction of sp³-hybridized carbons (Fsp3) is 0.435. The molecule has 1 unspecified atom stereocenters. The molecule has 2 aromatic rings. The number of fused-ring (bicyclic) bond motifs is 1. The van der Waals surface area contributed by atoms with Crippen molar-refractivity contribution in [3.8, 4) is 17.5 Å². The topological polar surface area (TPSA) is 122 Å². The van der Waals surface area contributed by atoms with E-state index in [-0.39, 0.29) is 31.8 Å². The summed E-state index contributed by atoms with van der Waals surface area (Å²) in [5.41, 5.74) is 0.786. The van der Waals surface area contributed by atoms with Gasteiger partial charge in [0, 0.05) is 50.7 Å². The highest BCUT2D eigenvalue weighted by atomic mass is 32.2. The van der Waals surface area contributed by atoms with Crippen LogP contribution in [0.25, 0.3) is 5.69 Å². The molecule has 0 spiro atoms. The maximum Gasteiger partial charge on any atom is 0.359 e. The van der Waals surface area contributed by atoms with Gasteiger partial charge in [0.1, 0.15) is 0 Å². The number of hydrogen-bond acceptors (Lipinski definition) is 7. The van der Waals surface area contributed by atoms with Gasteiger partial charge in [-0.15, -0.1) is 0 Å². The number of nitrogens with zero attached hydrogens (tertiary/aromatic N) is 4. The highest BCUT2D eigenvalue weighted by Crippen LogP contribution is 2.28. The molecule has 2 aliphatic heterocycles. The molecule has 0 saturated carbocycles. The molecule has 1 aromatic heterocycles. The third-order valence-corrected chi connectivity index (χ3v) is 7.22. The number of likely N-dealkylation sites (N-methyl/N-ethyl adjacent to an activating group) is 1. The quantitative estimate of drug-likeness (QED) is 0.488. The van der Waals surface area contributed by atoms with E-state index in [4.69, 9.17) is 4.74 Å². The molecule has 4 rings (SSSR count). The number of ether oxygens (including phenoxy) is 1. The first kappa shape index (κ1) is 23.9. The molecule has 1 saturated heterocycles. The average Bonchev–Trinajstić information content (AvgIpc) is 3.31. The van der Waals surface area contributed by atoms with E-state index in [2.05, 4.69) is 16.9 Å². The Balaban J connectivity index is 1.73. The van der Waals surface area contributed by atoms with Crippen LogP contribution in [-0.4, -0.2) is 83.0 Å². The second-order valence-corrected chi connectivity index (χ2v) is 10.4. The maximum atomic E-state index is 12.6. The molecule has 3 heterocycles. The van der Waals surface area contributed by atoms with E-state index in [1.54, 1.807) is 42.9 Å². The summed E-state index contributed by atoms with van der Waals surface area (Å²) < 4.78 is 32.2. The number of carbonyl (C=O) groups is 2. The van der Waals surface area contributed by atoms with Crippen molar-refractivity contribution >= 4 is 21.9 Å². The monoisotopic (exact) mass is 486 g/mol. The molecule has 1 atom stereocenters. The number of hydrogen-bond donors (Lipinski definition) is 1. The summed E-state index contributed by atoms with van der Waals surface area (Å²) in [6, 6.07) is 7.04. The van der Waals surface area contributed by atoms with Gasteiger partial charge in [-0.1, -0.05) is 17.9 Å². The summed E-state index contributed by atoms with van der Waals surface area (Å²) in [5.74, 6) is 4.53. The van der Waals surface area contributed by atoms with Gasteiger partial charge >= 0.3 is 5.97 Å². The fourth-order valence-electron chi connectivity index (χ4n) is 4.11. The summed E-state index contributed by atoms with van der Waals surface area (Å²) in [5, 5.41) is 15.0. The molecule has 0 aliphatic carbocycles. The number of benzene rings is 1. The van der Waals surface area contributed by atoms with Gasteiger partial charge in [0.2, 0.25) is 15.6 Å². The Morgan fingerprint density at radius 1 is 1.32 bits per heavy atom. The number of sulfonamides is 1. The zero-order valence-electron chi connectivity index (χ0n) is 19.2. The predicted molar refractivity (Wildman–Crippen MR) is 123 cm³/mol. The molecule has 1 amide bonds. The molecule has 0 bridgehead atoms. The number of carbonyl (C=O) groups excluding carboxylic acids is 2. The highest BCUT2D eigenvalue weighted by molar-refractivity contribution is 7.88. The van der Waals surface area contributed by atoms with Crippen LogP contribution in [0.3, 0.4) is 0 Å². The lowest BCUT2D eigenvalue weighted by molar-refractivity contribution is -0.137. The van der Waals surface area contributed by atoms with Crippen molar-refractivity contribution in [3.05, 3.63) is 46.8 Å². The van der Waals surface area contributed by atoms with E-state index in [0.29, 0.717) is 29.8 Å². The van der Waals surface area contributed by atoms with Crippen LogP contribution in [0.15, 0.2) is 24.3 Å². The number of amides is 1. The standard InChI is InChI=1S/C23H26N4O6S/c1-4-33-21(28)20-18-15-26(34(3,31)32)12-9-19(18)27(24-20)17-7-5-6-16(14-17)8-10-23(30)11-13-25(2)22(23)29/h5-7,14,30H,4,9,11-13,15H2,1-3H3. The first-order chi connectivity index (χ1) is 16.0. The summed E-state index contributed by atoms with van der Waals surface area (Å²) in [7, 11) is -1.82. The molecular formula is C23H26N4O6S. The van der Waals surface area contributed by atoms with E-state index in [9.17, 15) is 23.1 Å². The second kappa shape index (κ2) is 8.87. The third-order valence-electron chi connectivity index (χ3n) is 5.97. The molecule has 1 fully saturated rings. The van der Waals surface area contributed by atoms with Crippen LogP contribution in [-0.2, 0) is 32.5 Å². The lowest BCUT2D eigenvalue weighted by Gasteiger charge is -2.25. The summed E-state index contributed by atoms with van der Waals surface area (Å²) in [4.78, 5) is 26.2. The van der Waals surface area contributed by atoms with Gasteiger partial charge in [-0.2, -0.15) is 9.40 Å². The SMILES string of the molecule is CCOC(=O)c1nn(-c2cccc(C#CC3(O)CCN(C)C3=O)c2)c2c1CN(S(C)(=O)=O)CC2. The van der Waals surface area contributed by atoms with Crippen LogP contribution in [0.5, 0.6) is 0 Å². The Hall–Kier alpha value is -3.20. The van der Waals surface area contributed by atoms with E-state index in [1.807, 2.05) is 0 Å². The van der Waals surface area contributed by atoms with Crippen molar-refractivity contribution in [2.24, 2.45) is 0 Å². The maximum absolute atomic E-state index is 12.6. The largest absolute Gasteiger partial charge is 0.461 e. The molecule has 1 aromatic carbocycles. The van der Waals surface area contributed by atoms with Gasteiger partial charge in [-0.05, 0) is 25.1 Å². The van der Waals surface area contributed by atoms with Gasteiger partial charge in [0.05, 0.1) is 24.2 Å². The lowest BCUT2D eigenvalue weighted by Crippen LogP contribution is -2.37. The van der Waals surface area contributed by atoms with Gasteiger partial charge < -0.3 is 14.7 Å². The van der Waals surface area contributed by atoms with Crippen LogP contribution in [0.4, 0.5) is 0 Å². The number of rotatable bonds is 4. The molecule has 34 heavy (non-hydrogen) atoms. The van der Waals surface area contributed by atoms with Crippen LogP contribution in [0, 0.1) is 11.8 Å². The summed E-state index contributed by atoms with van der Waals surface area (Å²) >= 11 is 0. The van der Waals surface area contributed by atoms with E-state index in [1.165, 1.54) is 9.21 Å². The van der Waals surface area contributed by atoms with Gasteiger partial charge in [0.25, 0.3) is 5.91 Å². The minimum absolute atomic E-state index is 0.0322. The van der Waals surface area contributed by atoms with Crippen LogP contribution in [0.2, 0.25) is 0 Å². The number of aliphatic hydroxyl groups is 1. The molecule has 1 N–H and O–H groups in total. The molecule has 0 radical (unpaired) electrons. The fourth-order valence-corrected chi connectivity index (χ4v) is 4.90. The summed E-state index contributed by atoms with van der Waals surface area (Å²) in [6.45, 7) is 2.59. The molecule has 11 heteroatoms. The lowest BCUT2D eigenvalue weighted by atomic mass is 10.0. The van der Waals surface area contributed by atoms with Crippen molar-refractivity contribution in [2.75, 3.05) is 33.0 Å². The Morgan fingerprint density at radius 3 is 2.74 bits per heavy atom. The number of likely N-dealkylation sites (tertiary alicyclic amines) is 1. The summed E-state index contributed by atoms with van der Waals surface area (Å²) in [6.07, 6.45) is 1.74. The molecule has 2 aliphatic rings. The second-order valence-electron chi connectivity index (χ2n) is 8.39. The van der Waals surface area contributed by atoms with Crippen molar-refractivity contribution in [2.45, 2.75) is 31.9 Å². The minimum atomic E-state index is -3.44. The van der Waals surface area contributed by atoms with E-state index >= 15 is 0 Å². The van der Waals surface area contributed by atoms with Crippen molar-refractivity contribution in [1.29, 1.82) is 0 Å². The van der Waals surface area contributed by atoms with Crippen molar-refractivity contribution in [1.82, 2.24) is 19.0 Å². The first-order valence-electron chi connectivity index (χ1n) is 10.9. The zero-order chi connectivity index (χ0) is 24.7. The van der Waals surface area contributed by atoms with Crippen LogP contribution >= 0.6 is 0 Å². The highest BCUT2D eigenvalue weighted by Gasteiger charge is 2.42. The third kappa shape index (κ3) is 4.44. The van der Waals surface area contributed by atoms with Crippen LogP contribution < -0.4 is 0 Å². The smallest absolute Gasteiger partial charge is 0.359 e. The van der Waals surface area contributed by atoms with Crippen molar-refractivity contribution < 1.29 is 27.9 Å². The Morgan fingerprint density at radius 2 is 2.09 bits per heavy atom. The Kier molecular flexibility index (Phi) is 6.24. The molecule has 10 nitrogen and oxygen atoms in total. The zero-order valence-corrected chi connectivity index (χ0v) is 20.1. The van der Waals surface area contributed by atoms with Gasteiger partial charge in [0.15, 0.2) is 5.69 Å². The van der Waals surface area contributed by atoms with Gasteiger partial charge in [-0.25, -0.2) is 17.9 Å². The van der Waals surface area contributed by atoms with Gasteiger partial charge in [-0.3, -0.25) is 4.79 Å². The van der Waals surface area contributed by atoms with E-state index < -0.39 is 27.5 Å². The normalized spacial score (nSPS) is 20.6. The Bertz CT molecular complexity index is 1320. The molecule has 180 valence electrons. The first-order valence-corrected chi connectivity index (χ1v) is 12.7. The number of esters is 1. The van der Waals surface area contributed by atoms with Crippen LogP contribution in [0.1, 0.15) is 40.7 Å². The number of aromatic nitrogens is 2. The minimum Gasteiger partial charge on any atom is -0.461 e. The predicted octanol–water partition coefficient (Wildman–Crippen LogP) is 0.311. The Labute approximate surface area is 198 Å².